The molecule has 0 spiro atoms. The van der Waals surface area contributed by atoms with Crippen molar-refractivity contribution in [2.75, 3.05) is 0 Å². The minimum atomic E-state index is -1.87. The van der Waals surface area contributed by atoms with Crippen LogP contribution < -0.4 is 10.4 Å². The Morgan fingerprint density at radius 2 is 1.28 bits per heavy atom. The standard InChI is InChI=1S/C28H32Si.2ClH.Zr/c1-7-29(8-2,28-21(5)19(3)20(4)22(28)6)27-18-26(23-14-10-9-11-15-23)24-16-12-13-17-25(24)27;;;/h9-18H,7-8H2,1-6H3;2*1H;/q-2;;;+4/p-2. The summed E-state index contributed by atoms with van der Waals surface area (Å²) in [7, 11) is 8.00. The SMILES string of the molecule is CC[Si](CC)([c-]1c(C)c(C)c(C)c1C)[c-]1cc(-c2ccccc2)c2ccccc21.[Cl][Zr+2][Cl]. The molecular formula is C28H32Cl2SiZr. The maximum absolute atomic E-state index is 4.93. The average Bonchev–Trinajstić information content (AvgIpc) is 3.30. The number of hydrogen-bond acceptors (Lipinski definition) is 0. The second-order valence-corrected chi connectivity index (χ2v) is 17.0. The van der Waals surface area contributed by atoms with Gasteiger partial charge >= 0.3 is 37.9 Å². The van der Waals surface area contributed by atoms with Crippen LogP contribution in [0.15, 0.2) is 60.7 Å². The van der Waals surface area contributed by atoms with Gasteiger partial charge in [0.15, 0.2) is 0 Å². The van der Waals surface area contributed by atoms with E-state index in [4.69, 9.17) is 17.0 Å². The Balaban J connectivity index is 0.000000913. The van der Waals surface area contributed by atoms with Crippen LogP contribution in [0.4, 0.5) is 0 Å². The first kappa shape index (κ1) is 25.7. The van der Waals surface area contributed by atoms with Crippen LogP contribution in [0.5, 0.6) is 0 Å². The number of benzene rings is 2. The van der Waals surface area contributed by atoms with Crippen molar-refractivity contribution in [3.05, 3.63) is 82.9 Å². The Hall–Kier alpha value is -0.920. The van der Waals surface area contributed by atoms with Gasteiger partial charge in [0.05, 0.1) is 0 Å². The minimum absolute atomic E-state index is 0.826. The molecule has 0 saturated heterocycles. The van der Waals surface area contributed by atoms with Crippen LogP contribution in [0, 0.1) is 27.7 Å². The predicted molar refractivity (Wildman–Crippen MR) is 144 cm³/mol. The van der Waals surface area contributed by atoms with Gasteiger partial charge in [-0.25, -0.2) is 0 Å². The van der Waals surface area contributed by atoms with E-state index in [1.54, 1.807) is 21.5 Å². The molecule has 32 heavy (non-hydrogen) atoms. The Morgan fingerprint density at radius 1 is 0.781 bits per heavy atom. The molecule has 0 radical (unpaired) electrons. The van der Waals surface area contributed by atoms with Crippen molar-refractivity contribution >= 4 is 46.2 Å². The molecular weight excluding hydrogens is 527 g/mol. The molecule has 0 nitrogen and oxygen atoms in total. The Labute approximate surface area is 213 Å². The van der Waals surface area contributed by atoms with E-state index in [0.29, 0.717) is 0 Å². The summed E-state index contributed by atoms with van der Waals surface area (Å²) < 4.78 is 0. The molecule has 0 aliphatic carbocycles. The molecule has 0 saturated carbocycles. The number of rotatable bonds is 5. The van der Waals surface area contributed by atoms with Crippen LogP contribution in [0.2, 0.25) is 12.1 Å². The Bertz CT molecular complexity index is 1160. The predicted octanol–water partition coefficient (Wildman–Crippen LogP) is 8.16. The van der Waals surface area contributed by atoms with E-state index in [0.717, 1.165) is 0 Å². The first-order valence-electron chi connectivity index (χ1n) is 11.3. The average molecular weight is 559 g/mol. The summed E-state index contributed by atoms with van der Waals surface area (Å²) in [6.45, 7) is 14.2. The second-order valence-electron chi connectivity index (χ2n) is 8.62. The van der Waals surface area contributed by atoms with E-state index in [-0.39, 0.29) is 0 Å². The molecule has 0 unspecified atom stereocenters. The van der Waals surface area contributed by atoms with Gasteiger partial charge in [-0.1, -0.05) is 95.6 Å². The molecule has 0 aliphatic heterocycles. The zero-order chi connectivity index (χ0) is 23.5. The third-order valence-corrected chi connectivity index (χ3v) is 13.1. The molecule has 0 heterocycles. The van der Waals surface area contributed by atoms with Crippen molar-refractivity contribution < 1.29 is 20.8 Å². The van der Waals surface area contributed by atoms with Gasteiger partial charge in [0.2, 0.25) is 0 Å². The van der Waals surface area contributed by atoms with Crippen molar-refractivity contribution in [3.63, 3.8) is 0 Å². The molecule has 4 aromatic rings. The van der Waals surface area contributed by atoms with Gasteiger partial charge in [0.1, 0.15) is 0 Å². The van der Waals surface area contributed by atoms with E-state index in [1.165, 1.54) is 45.1 Å². The molecule has 0 N–H and O–H groups in total. The summed E-state index contributed by atoms with van der Waals surface area (Å²) in [4.78, 5) is 0. The fraction of sp³-hybridized carbons (Fsp3) is 0.286. The maximum atomic E-state index is 4.93. The summed E-state index contributed by atoms with van der Waals surface area (Å²) in [5, 5.41) is 6.21. The zero-order valence-electron chi connectivity index (χ0n) is 19.9. The van der Waals surface area contributed by atoms with Crippen molar-refractivity contribution in [3.8, 4) is 11.1 Å². The molecule has 0 bridgehead atoms. The van der Waals surface area contributed by atoms with Gasteiger partial charge in [-0.3, -0.25) is 0 Å². The molecule has 0 aromatic heterocycles. The topological polar surface area (TPSA) is 0 Å². The Kier molecular flexibility index (Phi) is 8.84. The van der Waals surface area contributed by atoms with Crippen molar-refractivity contribution in [1.29, 1.82) is 0 Å². The molecule has 4 aromatic carbocycles. The zero-order valence-corrected chi connectivity index (χ0v) is 24.9. The van der Waals surface area contributed by atoms with Crippen LogP contribution in [0.25, 0.3) is 21.9 Å². The fourth-order valence-corrected chi connectivity index (χ4v) is 10.8. The summed E-state index contributed by atoms with van der Waals surface area (Å²) in [5.74, 6) is 0. The quantitative estimate of drug-likeness (QED) is 0.171. The van der Waals surface area contributed by atoms with Crippen LogP contribution in [0.3, 0.4) is 0 Å². The molecule has 4 heteroatoms. The van der Waals surface area contributed by atoms with Crippen LogP contribution in [0.1, 0.15) is 36.1 Å². The van der Waals surface area contributed by atoms with Gasteiger partial charge in [0.25, 0.3) is 0 Å². The Morgan fingerprint density at radius 3 is 1.81 bits per heavy atom. The molecule has 0 fully saturated rings. The summed E-state index contributed by atoms with van der Waals surface area (Å²) >= 11 is -0.826. The van der Waals surface area contributed by atoms with Crippen LogP contribution >= 0.6 is 17.0 Å². The van der Waals surface area contributed by atoms with Crippen molar-refractivity contribution in [2.24, 2.45) is 0 Å². The fourth-order valence-electron chi connectivity index (χ4n) is 5.56. The van der Waals surface area contributed by atoms with Gasteiger partial charge in [-0.2, -0.15) is 27.4 Å². The van der Waals surface area contributed by atoms with E-state index in [1.807, 2.05) is 0 Å². The summed E-state index contributed by atoms with van der Waals surface area (Å²) in [5.41, 5.74) is 8.80. The third kappa shape index (κ3) is 4.41. The van der Waals surface area contributed by atoms with Gasteiger partial charge in [-0.15, -0.1) is 45.8 Å². The number of fused-ring (bicyclic) bond motifs is 1. The third-order valence-electron chi connectivity index (χ3n) is 7.52. The van der Waals surface area contributed by atoms with Gasteiger partial charge in [0, 0.05) is 8.07 Å². The molecule has 4 rings (SSSR count). The van der Waals surface area contributed by atoms with E-state index in [2.05, 4.69) is 102 Å². The number of halogens is 2. The summed E-state index contributed by atoms with van der Waals surface area (Å²) in [6.07, 6.45) is 0. The summed E-state index contributed by atoms with van der Waals surface area (Å²) in [6, 6.07) is 25.0. The van der Waals surface area contributed by atoms with E-state index < -0.39 is 28.9 Å². The molecule has 166 valence electrons. The van der Waals surface area contributed by atoms with Gasteiger partial charge in [-0.05, 0) is 0 Å². The molecule has 0 amide bonds. The van der Waals surface area contributed by atoms with Crippen LogP contribution in [-0.2, 0) is 20.8 Å². The normalized spacial score (nSPS) is 11.2. The van der Waals surface area contributed by atoms with Gasteiger partial charge < -0.3 is 0 Å². The number of hydrogen-bond donors (Lipinski definition) is 0. The van der Waals surface area contributed by atoms with Crippen LogP contribution in [-0.4, -0.2) is 8.07 Å². The molecule has 0 atom stereocenters. The molecule has 0 aliphatic rings. The van der Waals surface area contributed by atoms with Crippen molar-refractivity contribution in [2.45, 2.75) is 53.6 Å². The van der Waals surface area contributed by atoms with E-state index >= 15 is 0 Å². The first-order chi connectivity index (χ1) is 15.4. The van der Waals surface area contributed by atoms with Crippen molar-refractivity contribution in [1.82, 2.24) is 0 Å². The van der Waals surface area contributed by atoms with E-state index in [9.17, 15) is 0 Å². The second kappa shape index (κ2) is 11.0. The monoisotopic (exact) mass is 556 g/mol. The first-order valence-corrected chi connectivity index (χ1v) is 20.1.